The highest BCUT2D eigenvalue weighted by molar-refractivity contribution is 5.93. The number of nitrogens with zero attached hydrogens (tertiary/aromatic N) is 1. The Labute approximate surface area is 149 Å². The standard InChI is InChI=1S/C21H26N2O2/c1-22-19-10-6-9-18(21(24)25-2)20(19)17-11-13-23(14-12-17)15-16-7-4-3-5-8-16/h3-10,17,22H,11-15H2,1-2H3. The Balaban J connectivity index is 1.73. The number of ether oxygens (including phenoxy) is 1. The van der Waals surface area contributed by atoms with Gasteiger partial charge in [0.2, 0.25) is 0 Å². The van der Waals surface area contributed by atoms with Crippen LogP contribution in [-0.4, -0.2) is 38.1 Å². The van der Waals surface area contributed by atoms with Crippen LogP contribution < -0.4 is 5.32 Å². The molecule has 132 valence electrons. The molecule has 1 saturated heterocycles. The van der Waals surface area contributed by atoms with Crippen LogP contribution in [-0.2, 0) is 11.3 Å². The van der Waals surface area contributed by atoms with Crippen LogP contribution in [0.3, 0.4) is 0 Å². The molecule has 0 radical (unpaired) electrons. The van der Waals surface area contributed by atoms with Gasteiger partial charge in [0.25, 0.3) is 0 Å². The van der Waals surface area contributed by atoms with Crippen molar-refractivity contribution in [2.45, 2.75) is 25.3 Å². The summed E-state index contributed by atoms with van der Waals surface area (Å²) in [5, 5.41) is 3.24. The molecule has 0 unspecified atom stereocenters. The van der Waals surface area contributed by atoms with Crippen molar-refractivity contribution in [1.29, 1.82) is 0 Å². The molecule has 2 aromatic rings. The summed E-state index contributed by atoms with van der Waals surface area (Å²) in [5.74, 6) is 0.128. The Morgan fingerprint density at radius 2 is 1.84 bits per heavy atom. The van der Waals surface area contributed by atoms with Crippen molar-refractivity contribution in [2.75, 3.05) is 32.6 Å². The zero-order chi connectivity index (χ0) is 17.6. The Morgan fingerprint density at radius 1 is 1.12 bits per heavy atom. The lowest BCUT2D eigenvalue weighted by atomic mass is 9.85. The molecule has 0 aromatic heterocycles. The van der Waals surface area contributed by atoms with Crippen molar-refractivity contribution in [3.8, 4) is 0 Å². The molecule has 1 aliphatic rings. The van der Waals surface area contributed by atoms with E-state index >= 15 is 0 Å². The topological polar surface area (TPSA) is 41.6 Å². The second kappa shape index (κ2) is 8.17. The molecule has 0 atom stereocenters. The summed E-state index contributed by atoms with van der Waals surface area (Å²) < 4.78 is 4.99. The first-order valence-corrected chi connectivity index (χ1v) is 8.88. The van der Waals surface area contributed by atoms with Crippen LogP contribution in [0.1, 0.15) is 40.2 Å². The van der Waals surface area contributed by atoms with E-state index in [1.165, 1.54) is 12.7 Å². The molecule has 1 aliphatic heterocycles. The van der Waals surface area contributed by atoms with Crippen LogP contribution >= 0.6 is 0 Å². The maximum Gasteiger partial charge on any atom is 0.338 e. The summed E-state index contributed by atoms with van der Waals surface area (Å²) in [6.07, 6.45) is 2.10. The van der Waals surface area contributed by atoms with Crippen LogP contribution in [0.4, 0.5) is 5.69 Å². The number of hydrogen-bond acceptors (Lipinski definition) is 4. The van der Waals surface area contributed by atoms with Gasteiger partial charge in [-0.1, -0.05) is 36.4 Å². The number of esters is 1. The second-order valence-electron chi connectivity index (χ2n) is 6.54. The van der Waals surface area contributed by atoms with Gasteiger partial charge in [0.15, 0.2) is 0 Å². The van der Waals surface area contributed by atoms with Crippen LogP contribution in [0.2, 0.25) is 0 Å². The quantitative estimate of drug-likeness (QED) is 0.840. The fraction of sp³-hybridized carbons (Fsp3) is 0.381. The van der Waals surface area contributed by atoms with Gasteiger partial charge >= 0.3 is 5.97 Å². The second-order valence-corrected chi connectivity index (χ2v) is 6.54. The summed E-state index contributed by atoms with van der Waals surface area (Å²) in [4.78, 5) is 14.7. The van der Waals surface area contributed by atoms with Gasteiger partial charge in [-0.3, -0.25) is 4.90 Å². The van der Waals surface area contributed by atoms with Crippen molar-refractivity contribution < 1.29 is 9.53 Å². The first-order chi connectivity index (χ1) is 12.2. The van der Waals surface area contributed by atoms with Crippen LogP contribution in [0.15, 0.2) is 48.5 Å². The minimum Gasteiger partial charge on any atom is -0.465 e. The number of methoxy groups -OCH3 is 1. The number of benzene rings is 2. The molecular weight excluding hydrogens is 312 g/mol. The van der Waals surface area contributed by atoms with Crippen molar-refractivity contribution in [1.82, 2.24) is 4.90 Å². The van der Waals surface area contributed by atoms with Crippen molar-refractivity contribution in [3.63, 3.8) is 0 Å². The van der Waals surface area contributed by atoms with Crippen LogP contribution in [0.5, 0.6) is 0 Å². The third-order valence-corrected chi connectivity index (χ3v) is 5.03. The average Bonchev–Trinajstić information content (AvgIpc) is 2.68. The van der Waals surface area contributed by atoms with Crippen molar-refractivity contribution in [3.05, 3.63) is 65.2 Å². The van der Waals surface area contributed by atoms with E-state index in [2.05, 4.69) is 40.5 Å². The molecule has 0 spiro atoms. The van der Waals surface area contributed by atoms with Gasteiger partial charge in [-0.2, -0.15) is 0 Å². The number of nitrogens with one attached hydrogen (secondary N) is 1. The van der Waals surface area contributed by atoms with E-state index in [9.17, 15) is 4.79 Å². The zero-order valence-electron chi connectivity index (χ0n) is 15.0. The average molecular weight is 338 g/mol. The van der Waals surface area contributed by atoms with Gasteiger partial charge in [0.05, 0.1) is 12.7 Å². The molecule has 1 N–H and O–H groups in total. The van der Waals surface area contributed by atoms with E-state index in [0.717, 1.165) is 43.7 Å². The molecule has 4 nitrogen and oxygen atoms in total. The highest BCUT2D eigenvalue weighted by Gasteiger charge is 2.27. The zero-order valence-corrected chi connectivity index (χ0v) is 15.0. The number of piperidine rings is 1. The predicted molar refractivity (Wildman–Crippen MR) is 101 cm³/mol. The number of carbonyl (C=O) groups excluding carboxylic acids is 1. The highest BCUT2D eigenvalue weighted by atomic mass is 16.5. The minimum absolute atomic E-state index is 0.251. The fourth-order valence-corrected chi connectivity index (χ4v) is 3.73. The summed E-state index contributed by atoms with van der Waals surface area (Å²) in [7, 11) is 3.35. The van der Waals surface area contributed by atoms with E-state index in [-0.39, 0.29) is 5.97 Å². The molecule has 0 saturated carbocycles. The molecule has 0 aliphatic carbocycles. The van der Waals surface area contributed by atoms with E-state index in [0.29, 0.717) is 11.5 Å². The highest BCUT2D eigenvalue weighted by Crippen LogP contribution is 2.36. The first kappa shape index (κ1) is 17.5. The van der Waals surface area contributed by atoms with Crippen LogP contribution in [0.25, 0.3) is 0 Å². The number of hydrogen-bond donors (Lipinski definition) is 1. The van der Waals surface area contributed by atoms with Crippen LogP contribution in [0, 0.1) is 0 Å². The molecule has 2 aromatic carbocycles. The van der Waals surface area contributed by atoms with Gasteiger partial charge in [0.1, 0.15) is 0 Å². The number of rotatable bonds is 5. The minimum atomic E-state index is -0.251. The summed E-state index contributed by atoms with van der Waals surface area (Å²) in [6, 6.07) is 16.4. The largest absolute Gasteiger partial charge is 0.465 e. The summed E-state index contributed by atoms with van der Waals surface area (Å²) in [6.45, 7) is 3.07. The SMILES string of the molecule is CNc1cccc(C(=O)OC)c1C1CCN(Cc2ccccc2)CC1. The van der Waals surface area contributed by atoms with Gasteiger partial charge < -0.3 is 10.1 Å². The molecule has 1 fully saturated rings. The number of likely N-dealkylation sites (tertiary alicyclic amines) is 1. The molecule has 0 bridgehead atoms. The Bertz CT molecular complexity index is 707. The molecular formula is C21H26N2O2. The van der Waals surface area contributed by atoms with Gasteiger partial charge in [-0.05, 0) is 55.1 Å². The number of anilines is 1. The van der Waals surface area contributed by atoms with E-state index < -0.39 is 0 Å². The van der Waals surface area contributed by atoms with E-state index in [1.807, 2.05) is 25.2 Å². The van der Waals surface area contributed by atoms with Gasteiger partial charge in [-0.25, -0.2) is 4.79 Å². The predicted octanol–water partition coefficient (Wildman–Crippen LogP) is 3.89. The molecule has 4 heteroatoms. The summed E-state index contributed by atoms with van der Waals surface area (Å²) in [5.41, 5.74) is 4.18. The van der Waals surface area contributed by atoms with E-state index in [4.69, 9.17) is 4.74 Å². The van der Waals surface area contributed by atoms with Gasteiger partial charge in [-0.15, -0.1) is 0 Å². The lowest BCUT2D eigenvalue weighted by Gasteiger charge is -2.33. The first-order valence-electron chi connectivity index (χ1n) is 8.88. The van der Waals surface area contributed by atoms with Crippen molar-refractivity contribution in [2.24, 2.45) is 0 Å². The smallest absolute Gasteiger partial charge is 0.338 e. The maximum atomic E-state index is 12.2. The normalized spacial score (nSPS) is 15.8. The summed E-state index contributed by atoms with van der Waals surface area (Å²) >= 11 is 0. The monoisotopic (exact) mass is 338 g/mol. The third kappa shape index (κ3) is 4.02. The molecule has 1 heterocycles. The van der Waals surface area contributed by atoms with Gasteiger partial charge in [0, 0.05) is 19.3 Å². The molecule has 0 amide bonds. The Kier molecular flexibility index (Phi) is 5.71. The fourth-order valence-electron chi connectivity index (χ4n) is 3.73. The Hall–Kier alpha value is -2.33. The molecule has 3 rings (SSSR count). The van der Waals surface area contributed by atoms with E-state index in [1.54, 1.807) is 0 Å². The maximum absolute atomic E-state index is 12.2. The lowest BCUT2D eigenvalue weighted by molar-refractivity contribution is 0.0598. The number of carbonyl (C=O) groups is 1. The van der Waals surface area contributed by atoms with Crippen molar-refractivity contribution >= 4 is 11.7 Å². The molecule has 25 heavy (non-hydrogen) atoms. The third-order valence-electron chi connectivity index (χ3n) is 5.03. The lowest BCUT2D eigenvalue weighted by Crippen LogP contribution is -2.33. The Morgan fingerprint density at radius 3 is 2.48 bits per heavy atom.